The standard InChI is InChI=1S/C13H21N3O3S/c1-13(2)10-16(5-7-20(13,17)18)12(14-3)15-8-11-4-6-19-9-11/h4,6,9H,5,7-8,10H2,1-3H3,(H,14,15). The molecule has 1 N–H and O–H groups in total. The zero-order chi connectivity index (χ0) is 14.8. The Hall–Kier alpha value is -1.50. The van der Waals surface area contributed by atoms with Crippen LogP contribution in [0.3, 0.4) is 0 Å². The number of nitrogens with one attached hydrogen (secondary N) is 1. The van der Waals surface area contributed by atoms with Gasteiger partial charge in [-0.1, -0.05) is 0 Å². The summed E-state index contributed by atoms with van der Waals surface area (Å²) in [6, 6.07) is 1.88. The predicted octanol–water partition coefficient (Wildman–Crippen LogP) is 0.864. The van der Waals surface area contributed by atoms with Gasteiger partial charge in [0.1, 0.15) is 0 Å². The average molecular weight is 299 g/mol. The summed E-state index contributed by atoms with van der Waals surface area (Å²) in [7, 11) is -1.33. The molecule has 0 spiro atoms. The van der Waals surface area contributed by atoms with Crippen molar-refractivity contribution in [3.05, 3.63) is 24.2 Å². The fraction of sp³-hybridized carbons (Fsp3) is 0.615. The molecule has 0 aliphatic carbocycles. The van der Waals surface area contributed by atoms with E-state index in [4.69, 9.17) is 4.42 Å². The van der Waals surface area contributed by atoms with Gasteiger partial charge in [-0.3, -0.25) is 4.99 Å². The normalized spacial score (nSPS) is 21.8. The van der Waals surface area contributed by atoms with Gasteiger partial charge in [0.25, 0.3) is 0 Å². The van der Waals surface area contributed by atoms with Gasteiger partial charge in [-0.2, -0.15) is 0 Å². The van der Waals surface area contributed by atoms with Gasteiger partial charge in [0.05, 0.1) is 23.0 Å². The highest BCUT2D eigenvalue weighted by Gasteiger charge is 2.40. The number of furan rings is 1. The van der Waals surface area contributed by atoms with Crippen molar-refractivity contribution in [3.63, 3.8) is 0 Å². The first-order valence-electron chi connectivity index (χ1n) is 6.55. The molecule has 7 heteroatoms. The van der Waals surface area contributed by atoms with E-state index in [-0.39, 0.29) is 5.75 Å². The summed E-state index contributed by atoms with van der Waals surface area (Å²) in [5, 5.41) is 3.23. The minimum absolute atomic E-state index is 0.159. The van der Waals surface area contributed by atoms with Crippen LogP contribution in [0.4, 0.5) is 0 Å². The number of rotatable bonds is 2. The van der Waals surface area contributed by atoms with Crippen molar-refractivity contribution < 1.29 is 12.8 Å². The second kappa shape index (κ2) is 5.47. The maximum Gasteiger partial charge on any atom is 0.193 e. The molecule has 0 radical (unpaired) electrons. The molecule has 0 amide bonds. The van der Waals surface area contributed by atoms with E-state index in [0.717, 1.165) is 5.56 Å². The van der Waals surface area contributed by atoms with Crippen LogP contribution in [-0.4, -0.2) is 49.9 Å². The third kappa shape index (κ3) is 2.98. The Morgan fingerprint density at radius 3 is 2.85 bits per heavy atom. The van der Waals surface area contributed by atoms with Gasteiger partial charge in [-0.15, -0.1) is 0 Å². The van der Waals surface area contributed by atoms with Crippen LogP contribution in [0.5, 0.6) is 0 Å². The molecule has 1 fully saturated rings. The topological polar surface area (TPSA) is 74.9 Å². The first-order chi connectivity index (χ1) is 9.36. The lowest BCUT2D eigenvalue weighted by molar-refractivity contribution is 0.353. The predicted molar refractivity (Wildman–Crippen MR) is 78.3 cm³/mol. The monoisotopic (exact) mass is 299 g/mol. The van der Waals surface area contributed by atoms with Crippen LogP contribution in [-0.2, 0) is 16.4 Å². The van der Waals surface area contributed by atoms with Crippen LogP contribution in [0.25, 0.3) is 0 Å². The van der Waals surface area contributed by atoms with Gasteiger partial charge in [0.2, 0.25) is 0 Å². The Morgan fingerprint density at radius 2 is 2.30 bits per heavy atom. The molecule has 0 aromatic carbocycles. The zero-order valence-electron chi connectivity index (χ0n) is 12.1. The van der Waals surface area contributed by atoms with Gasteiger partial charge in [0, 0.05) is 32.2 Å². The van der Waals surface area contributed by atoms with E-state index in [0.29, 0.717) is 25.6 Å². The molecule has 1 aromatic heterocycles. The van der Waals surface area contributed by atoms with Gasteiger partial charge < -0.3 is 14.6 Å². The van der Waals surface area contributed by atoms with Crippen LogP contribution < -0.4 is 5.32 Å². The van der Waals surface area contributed by atoms with Gasteiger partial charge in [-0.25, -0.2) is 8.42 Å². The van der Waals surface area contributed by atoms with E-state index in [1.807, 2.05) is 11.0 Å². The van der Waals surface area contributed by atoms with Gasteiger partial charge >= 0.3 is 0 Å². The highest BCUT2D eigenvalue weighted by atomic mass is 32.2. The van der Waals surface area contributed by atoms with Crippen LogP contribution in [0, 0.1) is 0 Å². The summed E-state index contributed by atoms with van der Waals surface area (Å²) in [5.74, 6) is 0.876. The number of sulfone groups is 1. The van der Waals surface area contributed by atoms with Crippen molar-refractivity contribution in [2.24, 2.45) is 4.99 Å². The Morgan fingerprint density at radius 1 is 1.55 bits per heavy atom. The number of aliphatic imine (C=N–C) groups is 1. The summed E-state index contributed by atoms with van der Waals surface area (Å²) in [6.07, 6.45) is 3.29. The Bertz CT molecular complexity index is 576. The molecular formula is C13H21N3O3S. The van der Waals surface area contributed by atoms with E-state index in [2.05, 4.69) is 10.3 Å². The second-order valence-corrected chi connectivity index (χ2v) is 8.28. The van der Waals surface area contributed by atoms with Crippen molar-refractivity contribution in [1.29, 1.82) is 0 Å². The molecule has 2 rings (SSSR count). The Labute approximate surface area is 119 Å². The van der Waals surface area contributed by atoms with Crippen molar-refractivity contribution in [2.45, 2.75) is 25.1 Å². The van der Waals surface area contributed by atoms with E-state index in [1.165, 1.54) is 0 Å². The first-order valence-corrected chi connectivity index (χ1v) is 8.20. The fourth-order valence-electron chi connectivity index (χ4n) is 2.23. The molecule has 0 atom stereocenters. The van der Waals surface area contributed by atoms with Gasteiger partial charge in [0.15, 0.2) is 15.8 Å². The molecule has 20 heavy (non-hydrogen) atoms. The van der Waals surface area contributed by atoms with Crippen LogP contribution >= 0.6 is 0 Å². The summed E-state index contributed by atoms with van der Waals surface area (Å²) >= 11 is 0. The van der Waals surface area contributed by atoms with E-state index in [9.17, 15) is 8.42 Å². The maximum atomic E-state index is 12.0. The summed E-state index contributed by atoms with van der Waals surface area (Å²) in [5.41, 5.74) is 1.02. The van der Waals surface area contributed by atoms with E-state index >= 15 is 0 Å². The third-order valence-electron chi connectivity index (χ3n) is 3.59. The minimum atomic E-state index is -3.03. The van der Waals surface area contributed by atoms with Crippen molar-refractivity contribution in [1.82, 2.24) is 10.2 Å². The average Bonchev–Trinajstić information content (AvgIpc) is 2.87. The molecule has 0 bridgehead atoms. The number of hydrogen-bond donors (Lipinski definition) is 1. The molecule has 1 aliphatic rings. The molecule has 1 aliphatic heterocycles. The maximum absolute atomic E-state index is 12.0. The zero-order valence-corrected chi connectivity index (χ0v) is 12.9. The lowest BCUT2D eigenvalue weighted by Crippen LogP contribution is -2.57. The number of nitrogens with zero attached hydrogens (tertiary/aromatic N) is 2. The third-order valence-corrected chi connectivity index (χ3v) is 6.12. The molecule has 2 heterocycles. The highest BCUT2D eigenvalue weighted by Crippen LogP contribution is 2.23. The number of guanidine groups is 1. The summed E-state index contributed by atoms with van der Waals surface area (Å²) in [4.78, 5) is 6.22. The molecule has 112 valence electrons. The molecule has 6 nitrogen and oxygen atoms in total. The molecule has 0 saturated carbocycles. The van der Waals surface area contributed by atoms with Crippen LogP contribution in [0.2, 0.25) is 0 Å². The van der Waals surface area contributed by atoms with Gasteiger partial charge in [-0.05, 0) is 19.9 Å². The lowest BCUT2D eigenvalue weighted by Gasteiger charge is -2.39. The van der Waals surface area contributed by atoms with E-state index in [1.54, 1.807) is 33.4 Å². The molecule has 1 aromatic rings. The second-order valence-electron chi connectivity index (χ2n) is 5.53. The van der Waals surface area contributed by atoms with Crippen molar-refractivity contribution >= 4 is 15.8 Å². The smallest absolute Gasteiger partial charge is 0.193 e. The quantitative estimate of drug-likeness (QED) is 0.648. The lowest BCUT2D eigenvalue weighted by atomic mass is 10.2. The van der Waals surface area contributed by atoms with Crippen LogP contribution in [0.1, 0.15) is 19.4 Å². The summed E-state index contributed by atoms with van der Waals surface area (Å²) < 4.78 is 28.3. The highest BCUT2D eigenvalue weighted by molar-refractivity contribution is 7.92. The van der Waals surface area contributed by atoms with Crippen LogP contribution in [0.15, 0.2) is 28.0 Å². The molecule has 1 saturated heterocycles. The van der Waals surface area contributed by atoms with Crippen molar-refractivity contribution in [3.8, 4) is 0 Å². The SMILES string of the molecule is CN=C(NCc1ccoc1)N1CCS(=O)(=O)C(C)(C)C1. The minimum Gasteiger partial charge on any atom is -0.472 e. The first kappa shape index (κ1) is 14.9. The largest absolute Gasteiger partial charge is 0.472 e. The Kier molecular flexibility index (Phi) is 4.08. The fourth-order valence-corrected chi connectivity index (χ4v) is 3.60. The number of hydrogen-bond acceptors (Lipinski definition) is 4. The molecule has 0 unspecified atom stereocenters. The molecular weight excluding hydrogens is 278 g/mol. The van der Waals surface area contributed by atoms with E-state index < -0.39 is 14.6 Å². The van der Waals surface area contributed by atoms with Crippen molar-refractivity contribution in [2.75, 3.05) is 25.9 Å². The Balaban J connectivity index is 2.03. The summed E-state index contributed by atoms with van der Waals surface area (Å²) in [6.45, 7) is 5.04.